The van der Waals surface area contributed by atoms with Gasteiger partial charge >= 0.3 is 5.97 Å². The number of carbonyl (C=O) groups excluding carboxylic acids is 2. The van der Waals surface area contributed by atoms with Gasteiger partial charge in [0.25, 0.3) is 0 Å². The summed E-state index contributed by atoms with van der Waals surface area (Å²) in [7, 11) is 1.14. The van der Waals surface area contributed by atoms with Crippen molar-refractivity contribution in [1.29, 1.82) is 0 Å². The fourth-order valence-corrected chi connectivity index (χ4v) is 1.29. The summed E-state index contributed by atoms with van der Waals surface area (Å²) < 4.78 is 17.6. The number of methoxy groups -OCH3 is 1. The molecule has 0 amide bonds. The summed E-state index contributed by atoms with van der Waals surface area (Å²) in [6, 6.07) is 2.40. The lowest BCUT2D eigenvalue weighted by Gasteiger charge is -2.06. The zero-order valence-electron chi connectivity index (χ0n) is 8.70. The molecule has 0 aliphatic heterocycles. The molecule has 1 aromatic carbocycles. The van der Waals surface area contributed by atoms with E-state index in [2.05, 4.69) is 4.74 Å². The van der Waals surface area contributed by atoms with Gasteiger partial charge in [-0.15, -0.1) is 0 Å². The molecule has 0 aromatic heterocycles. The van der Waals surface area contributed by atoms with E-state index in [9.17, 15) is 19.1 Å². The van der Waals surface area contributed by atoms with Crippen molar-refractivity contribution >= 4 is 12.3 Å². The Labute approximate surface area is 91.7 Å². The Hall–Kier alpha value is -1.91. The smallest absolute Gasteiger partial charge is 0.341 e. The van der Waals surface area contributed by atoms with Crippen LogP contribution >= 0.6 is 0 Å². The Morgan fingerprint density at radius 2 is 2.25 bits per heavy atom. The first-order chi connectivity index (χ1) is 7.60. The van der Waals surface area contributed by atoms with E-state index < -0.39 is 17.5 Å². The van der Waals surface area contributed by atoms with Crippen molar-refractivity contribution < 1.29 is 23.8 Å². The van der Waals surface area contributed by atoms with E-state index in [0.29, 0.717) is 18.3 Å². The largest absolute Gasteiger partial charge is 0.504 e. The summed E-state index contributed by atoms with van der Waals surface area (Å²) in [5, 5.41) is 9.30. The highest BCUT2D eigenvalue weighted by atomic mass is 19.1. The van der Waals surface area contributed by atoms with Gasteiger partial charge in [0.15, 0.2) is 11.6 Å². The fraction of sp³-hybridized carbons (Fsp3) is 0.273. The lowest BCUT2D eigenvalue weighted by atomic mass is 10.1. The monoisotopic (exact) mass is 226 g/mol. The summed E-state index contributed by atoms with van der Waals surface area (Å²) in [4.78, 5) is 21.4. The highest BCUT2D eigenvalue weighted by molar-refractivity contribution is 5.92. The molecule has 0 atom stereocenters. The molecule has 0 heterocycles. The second-order valence-corrected chi connectivity index (χ2v) is 3.17. The Balaban J connectivity index is 3.11. The molecule has 0 radical (unpaired) electrons. The third-order valence-electron chi connectivity index (χ3n) is 2.08. The molecular formula is C11H11FO4. The first-order valence-electron chi connectivity index (χ1n) is 4.63. The van der Waals surface area contributed by atoms with Crippen LogP contribution in [0.1, 0.15) is 22.3 Å². The number of hydrogen-bond acceptors (Lipinski definition) is 4. The highest BCUT2D eigenvalue weighted by Crippen LogP contribution is 2.24. The minimum Gasteiger partial charge on any atom is -0.504 e. The highest BCUT2D eigenvalue weighted by Gasteiger charge is 2.16. The number of phenolic OH excluding ortho intramolecular Hbond substituents is 1. The number of rotatable bonds is 4. The van der Waals surface area contributed by atoms with Gasteiger partial charge in [-0.25, -0.2) is 9.18 Å². The molecule has 4 nitrogen and oxygen atoms in total. The SMILES string of the molecule is COC(=O)c1cc(CCC=O)cc(F)c1O. The molecule has 0 bridgehead atoms. The molecule has 1 N–H and O–H groups in total. The van der Waals surface area contributed by atoms with Crippen molar-refractivity contribution in [3.05, 3.63) is 29.1 Å². The molecule has 0 unspecified atom stereocenters. The third-order valence-corrected chi connectivity index (χ3v) is 2.08. The molecule has 0 aliphatic carbocycles. The quantitative estimate of drug-likeness (QED) is 0.623. The number of phenols is 1. The maximum absolute atomic E-state index is 13.2. The summed E-state index contributed by atoms with van der Waals surface area (Å²) in [5.41, 5.74) is 0.228. The number of benzene rings is 1. The van der Waals surface area contributed by atoms with Crippen molar-refractivity contribution in [3.8, 4) is 5.75 Å². The molecule has 86 valence electrons. The maximum atomic E-state index is 13.2. The van der Waals surface area contributed by atoms with Crippen LogP contribution in [0.3, 0.4) is 0 Å². The van der Waals surface area contributed by atoms with Crippen LogP contribution < -0.4 is 0 Å². The van der Waals surface area contributed by atoms with Gasteiger partial charge in [0.2, 0.25) is 0 Å². The molecule has 0 saturated carbocycles. The number of aromatic hydroxyl groups is 1. The molecular weight excluding hydrogens is 215 g/mol. The lowest BCUT2D eigenvalue weighted by Crippen LogP contribution is -2.04. The van der Waals surface area contributed by atoms with Crippen molar-refractivity contribution in [2.75, 3.05) is 7.11 Å². The van der Waals surface area contributed by atoms with E-state index in [1.807, 2.05) is 0 Å². The number of aryl methyl sites for hydroxylation is 1. The second-order valence-electron chi connectivity index (χ2n) is 3.17. The van der Waals surface area contributed by atoms with Crippen LogP contribution in [0.25, 0.3) is 0 Å². The summed E-state index contributed by atoms with van der Waals surface area (Å²) in [6.07, 6.45) is 1.23. The number of ether oxygens (including phenoxy) is 1. The minimum absolute atomic E-state index is 0.227. The molecule has 0 saturated heterocycles. The van der Waals surface area contributed by atoms with Crippen molar-refractivity contribution in [1.82, 2.24) is 0 Å². The summed E-state index contributed by atoms with van der Waals surface area (Å²) in [5.74, 6) is -2.45. The summed E-state index contributed by atoms with van der Waals surface area (Å²) >= 11 is 0. The molecule has 0 fully saturated rings. The maximum Gasteiger partial charge on any atom is 0.341 e. The van der Waals surface area contributed by atoms with Gasteiger partial charge in [-0.05, 0) is 24.1 Å². The van der Waals surface area contributed by atoms with Gasteiger partial charge in [0.05, 0.1) is 7.11 Å². The molecule has 0 spiro atoms. The van der Waals surface area contributed by atoms with Crippen LogP contribution in [0.15, 0.2) is 12.1 Å². The number of esters is 1. The van der Waals surface area contributed by atoms with Crippen LogP contribution in [-0.2, 0) is 16.0 Å². The Kier molecular flexibility index (Phi) is 3.99. The normalized spacial score (nSPS) is 9.88. The number of halogens is 1. The van der Waals surface area contributed by atoms with Crippen molar-refractivity contribution in [3.63, 3.8) is 0 Å². The van der Waals surface area contributed by atoms with Gasteiger partial charge in [-0.2, -0.15) is 0 Å². The van der Waals surface area contributed by atoms with Gasteiger partial charge in [-0.1, -0.05) is 0 Å². The molecule has 16 heavy (non-hydrogen) atoms. The standard InChI is InChI=1S/C11H11FO4/c1-16-11(15)8-5-7(3-2-4-13)6-9(12)10(8)14/h4-6,14H,2-3H2,1H3. The molecule has 1 rings (SSSR count). The van der Waals surface area contributed by atoms with Gasteiger partial charge in [0, 0.05) is 6.42 Å². The van der Waals surface area contributed by atoms with E-state index in [1.165, 1.54) is 6.07 Å². The third kappa shape index (κ3) is 2.56. The molecule has 5 heteroatoms. The van der Waals surface area contributed by atoms with Crippen molar-refractivity contribution in [2.24, 2.45) is 0 Å². The van der Waals surface area contributed by atoms with Crippen LogP contribution in [0.5, 0.6) is 5.75 Å². The fourth-order valence-electron chi connectivity index (χ4n) is 1.29. The first kappa shape index (κ1) is 12.2. The summed E-state index contributed by atoms with van der Waals surface area (Å²) in [6.45, 7) is 0. The Bertz CT molecular complexity index is 415. The average Bonchev–Trinajstić information content (AvgIpc) is 2.29. The number of hydrogen-bond donors (Lipinski definition) is 1. The van der Waals surface area contributed by atoms with Crippen LogP contribution in [0, 0.1) is 5.82 Å². The predicted octanol–water partition coefficient (Wildman–Crippen LogP) is 1.45. The van der Waals surface area contributed by atoms with Gasteiger partial charge in [0.1, 0.15) is 11.8 Å². The van der Waals surface area contributed by atoms with E-state index in [4.69, 9.17) is 0 Å². The van der Waals surface area contributed by atoms with E-state index in [-0.39, 0.29) is 12.0 Å². The minimum atomic E-state index is -0.899. The average molecular weight is 226 g/mol. The van der Waals surface area contributed by atoms with Crippen LogP contribution in [-0.4, -0.2) is 24.5 Å². The lowest BCUT2D eigenvalue weighted by molar-refractivity contribution is -0.107. The van der Waals surface area contributed by atoms with E-state index in [1.54, 1.807) is 0 Å². The molecule has 1 aromatic rings. The van der Waals surface area contributed by atoms with Crippen LogP contribution in [0.2, 0.25) is 0 Å². The van der Waals surface area contributed by atoms with Crippen LogP contribution in [0.4, 0.5) is 4.39 Å². The Morgan fingerprint density at radius 1 is 1.56 bits per heavy atom. The van der Waals surface area contributed by atoms with E-state index >= 15 is 0 Å². The zero-order chi connectivity index (χ0) is 12.1. The van der Waals surface area contributed by atoms with Gasteiger partial charge in [-0.3, -0.25) is 0 Å². The Morgan fingerprint density at radius 3 is 2.81 bits per heavy atom. The van der Waals surface area contributed by atoms with E-state index in [0.717, 1.165) is 13.2 Å². The topological polar surface area (TPSA) is 63.6 Å². The van der Waals surface area contributed by atoms with Crippen molar-refractivity contribution in [2.45, 2.75) is 12.8 Å². The zero-order valence-corrected chi connectivity index (χ0v) is 8.70. The molecule has 0 aliphatic rings. The van der Waals surface area contributed by atoms with Gasteiger partial charge < -0.3 is 14.6 Å². The number of carbonyl (C=O) groups is 2. The number of aldehydes is 1. The predicted molar refractivity (Wildman–Crippen MR) is 53.8 cm³/mol. The first-order valence-corrected chi connectivity index (χ1v) is 4.63. The second kappa shape index (κ2) is 5.25.